The van der Waals surface area contributed by atoms with Gasteiger partial charge in [-0.2, -0.15) is 12.6 Å². The van der Waals surface area contributed by atoms with Crippen LogP contribution in [0.1, 0.15) is 77.0 Å². The summed E-state index contributed by atoms with van der Waals surface area (Å²) < 4.78 is 5.41. The summed E-state index contributed by atoms with van der Waals surface area (Å²) in [5.74, 6) is -0.656. The third-order valence-corrected chi connectivity index (χ3v) is 7.26. The Hall–Kier alpha value is -3.52. The Balaban J connectivity index is 1.98. The Morgan fingerprint density at radius 3 is 2.29 bits per heavy atom. The molecule has 0 aliphatic heterocycles. The first-order chi connectivity index (χ1) is 20.0. The van der Waals surface area contributed by atoms with E-state index < -0.39 is 23.8 Å². The molecule has 0 aliphatic rings. The number of nitrogens with zero attached hydrogens (tertiary/aromatic N) is 1. The molecule has 3 amide bonds. The minimum atomic E-state index is -0.973. The summed E-state index contributed by atoms with van der Waals surface area (Å²) in [6.45, 7) is 9.75. The van der Waals surface area contributed by atoms with Crippen molar-refractivity contribution in [3.05, 3.63) is 77.9 Å². The zero-order valence-corrected chi connectivity index (χ0v) is 26.4. The van der Waals surface area contributed by atoms with E-state index in [-0.39, 0.29) is 17.6 Å². The number of alkyl carbamates (subject to hydrolysis) is 1. The number of rotatable bonds is 13. The number of amides is 3. The highest BCUT2D eigenvalue weighted by Gasteiger charge is 2.36. The Morgan fingerprint density at radius 1 is 0.905 bits per heavy atom. The topological polar surface area (TPSA) is 87.7 Å². The lowest BCUT2D eigenvalue weighted by atomic mass is 10.00. The Kier molecular flexibility index (Phi) is 12.3. The molecular formula is C34H45N3O4S. The van der Waals surface area contributed by atoms with Gasteiger partial charge in [-0.25, -0.2) is 4.79 Å². The van der Waals surface area contributed by atoms with E-state index in [1.54, 1.807) is 25.7 Å². The Bertz CT molecular complexity index is 1350. The van der Waals surface area contributed by atoms with Gasteiger partial charge < -0.3 is 20.3 Å². The van der Waals surface area contributed by atoms with Gasteiger partial charge in [-0.05, 0) is 62.6 Å². The average Bonchev–Trinajstić information content (AvgIpc) is 2.93. The van der Waals surface area contributed by atoms with Gasteiger partial charge in [-0.1, -0.05) is 92.8 Å². The number of hydrogen-bond acceptors (Lipinski definition) is 5. The molecule has 0 saturated carbocycles. The smallest absolute Gasteiger partial charge is 0.408 e. The molecule has 226 valence electrons. The van der Waals surface area contributed by atoms with Crippen molar-refractivity contribution in [2.24, 2.45) is 0 Å². The number of thiol groups is 1. The van der Waals surface area contributed by atoms with E-state index in [0.717, 1.165) is 48.4 Å². The fourth-order valence-corrected chi connectivity index (χ4v) is 5.13. The van der Waals surface area contributed by atoms with Crippen LogP contribution in [0.4, 0.5) is 10.5 Å². The summed E-state index contributed by atoms with van der Waals surface area (Å²) >= 11 is 4.39. The Morgan fingerprint density at radius 2 is 1.62 bits per heavy atom. The van der Waals surface area contributed by atoms with Gasteiger partial charge >= 0.3 is 6.09 Å². The highest BCUT2D eigenvalue weighted by atomic mass is 32.1. The van der Waals surface area contributed by atoms with Crippen molar-refractivity contribution < 1.29 is 19.1 Å². The normalized spacial score (nSPS) is 12.8. The van der Waals surface area contributed by atoms with Gasteiger partial charge in [-0.15, -0.1) is 0 Å². The number of carbonyl (C=O) groups excluding carboxylic acids is 3. The van der Waals surface area contributed by atoms with E-state index in [2.05, 4.69) is 30.2 Å². The van der Waals surface area contributed by atoms with Crippen LogP contribution >= 0.6 is 12.6 Å². The molecule has 0 saturated heterocycles. The molecule has 2 atom stereocenters. The standard InChI is InChI=1S/C34H45N3O4S/c1-6-7-8-9-12-20-37(32(39)29(23-42)36-33(40)41-34(3,4)5)30(27-17-13-14-24(2)21-27)31(38)35-28-19-18-25-15-10-11-16-26(25)22-28/h10-11,13-19,21-22,29-30,42H,6-9,12,20,23H2,1-5H3,(H,35,38)(H,36,40). The number of ether oxygens (including phenoxy) is 1. The molecule has 3 rings (SSSR count). The third-order valence-electron chi connectivity index (χ3n) is 6.89. The van der Waals surface area contributed by atoms with Gasteiger partial charge in [0.15, 0.2) is 0 Å². The summed E-state index contributed by atoms with van der Waals surface area (Å²) in [5.41, 5.74) is 1.59. The molecule has 2 N–H and O–H groups in total. The lowest BCUT2D eigenvalue weighted by Gasteiger charge is -2.34. The van der Waals surface area contributed by atoms with Crippen molar-refractivity contribution in [2.75, 3.05) is 17.6 Å². The van der Waals surface area contributed by atoms with E-state index >= 15 is 0 Å². The van der Waals surface area contributed by atoms with Crippen molar-refractivity contribution in [3.8, 4) is 0 Å². The molecular weight excluding hydrogens is 546 g/mol. The number of benzene rings is 3. The van der Waals surface area contributed by atoms with Crippen LogP contribution in [0.2, 0.25) is 0 Å². The number of aryl methyl sites for hydroxylation is 1. The molecule has 42 heavy (non-hydrogen) atoms. The predicted molar refractivity (Wildman–Crippen MR) is 174 cm³/mol. The maximum absolute atomic E-state index is 14.2. The monoisotopic (exact) mass is 591 g/mol. The first-order valence-corrected chi connectivity index (χ1v) is 15.4. The second kappa shape index (κ2) is 15.6. The molecule has 0 fully saturated rings. The summed E-state index contributed by atoms with van der Waals surface area (Å²) in [6.07, 6.45) is 4.20. The maximum atomic E-state index is 14.2. The highest BCUT2D eigenvalue weighted by Crippen LogP contribution is 2.27. The van der Waals surface area contributed by atoms with Crippen LogP contribution in [-0.2, 0) is 14.3 Å². The van der Waals surface area contributed by atoms with E-state index in [1.165, 1.54) is 0 Å². The van der Waals surface area contributed by atoms with Gasteiger partial charge in [0.25, 0.3) is 5.91 Å². The minimum absolute atomic E-state index is 0.0528. The van der Waals surface area contributed by atoms with Crippen LogP contribution in [0.3, 0.4) is 0 Å². The number of anilines is 1. The average molecular weight is 592 g/mol. The first-order valence-electron chi connectivity index (χ1n) is 14.8. The molecule has 0 aromatic heterocycles. The predicted octanol–water partition coefficient (Wildman–Crippen LogP) is 7.45. The molecule has 2 unspecified atom stereocenters. The minimum Gasteiger partial charge on any atom is -0.444 e. The van der Waals surface area contributed by atoms with Crippen LogP contribution in [-0.4, -0.2) is 46.7 Å². The summed E-state index contributed by atoms with van der Waals surface area (Å²) in [4.78, 5) is 42.5. The first kappa shape index (κ1) is 33.0. The fraction of sp³-hybridized carbons (Fsp3) is 0.441. The molecule has 0 bridgehead atoms. The molecule has 8 heteroatoms. The largest absolute Gasteiger partial charge is 0.444 e. The van der Waals surface area contributed by atoms with E-state index in [4.69, 9.17) is 4.74 Å². The second-order valence-corrected chi connectivity index (χ2v) is 12.1. The molecule has 0 heterocycles. The van der Waals surface area contributed by atoms with Crippen LogP contribution in [0, 0.1) is 6.92 Å². The van der Waals surface area contributed by atoms with Crippen molar-refractivity contribution in [3.63, 3.8) is 0 Å². The molecule has 7 nitrogen and oxygen atoms in total. The SMILES string of the molecule is CCCCCCCN(C(=O)C(CS)NC(=O)OC(C)(C)C)C(C(=O)Nc1ccc2ccccc2c1)c1cccc(C)c1. The van der Waals surface area contributed by atoms with Crippen LogP contribution in [0.25, 0.3) is 10.8 Å². The summed E-state index contributed by atoms with van der Waals surface area (Å²) in [6, 6.07) is 19.5. The van der Waals surface area contributed by atoms with Gasteiger partial charge in [0.2, 0.25) is 5.91 Å². The number of unbranched alkanes of at least 4 members (excludes halogenated alkanes) is 4. The van der Waals surface area contributed by atoms with Crippen LogP contribution in [0.5, 0.6) is 0 Å². The summed E-state index contributed by atoms with van der Waals surface area (Å²) in [7, 11) is 0. The van der Waals surface area contributed by atoms with Crippen LogP contribution in [0.15, 0.2) is 66.7 Å². The summed E-state index contributed by atoms with van der Waals surface area (Å²) in [5, 5.41) is 7.81. The number of hydrogen-bond donors (Lipinski definition) is 3. The van der Waals surface area contributed by atoms with Gasteiger partial charge in [0.1, 0.15) is 17.7 Å². The van der Waals surface area contributed by atoms with Crippen molar-refractivity contribution >= 4 is 47.0 Å². The lowest BCUT2D eigenvalue weighted by Crippen LogP contribution is -2.53. The van der Waals surface area contributed by atoms with Crippen LogP contribution < -0.4 is 10.6 Å². The fourth-order valence-electron chi connectivity index (χ4n) is 4.88. The number of carbonyl (C=O) groups is 3. The molecule has 0 aliphatic carbocycles. The van der Waals surface area contributed by atoms with Gasteiger partial charge in [0.05, 0.1) is 0 Å². The highest BCUT2D eigenvalue weighted by molar-refractivity contribution is 7.80. The van der Waals surface area contributed by atoms with Gasteiger partial charge in [-0.3, -0.25) is 9.59 Å². The number of fused-ring (bicyclic) bond motifs is 1. The molecule has 3 aromatic rings. The van der Waals surface area contributed by atoms with Crippen molar-refractivity contribution in [2.45, 2.75) is 84.4 Å². The van der Waals surface area contributed by atoms with Crippen molar-refractivity contribution in [1.82, 2.24) is 10.2 Å². The zero-order valence-electron chi connectivity index (χ0n) is 25.5. The maximum Gasteiger partial charge on any atom is 0.408 e. The zero-order chi connectivity index (χ0) is 30.7. The molecule has 0 radical (unpaired) electrons. The lowest BCUT2D eigenvalue weighted by molar-refractivity contribution is -0.140. The quantitative estimate of drug-likeness (QED) is 0.142. The van der Waals surface area contributed by atoms with E-state index in [1.807, 2.05) is 73.7 Å². The van der Waals surface area contributed by atoms with E-state index in [0.29, 0.717) is 17.8 Å². The molecule has 3 aromatic carbocycles. The Labute approximate surface area is 255 Å². The number of nitrogens with one attached hydrogen (secondary N) is 2. The molecule has 0 spiro atoms. The van der Waals surface area contributed by atoms with Gasteiger partial charge in [0, 0.05) is 18.0 Å². The second-order valence-electron chi connectivity index (χ2n) is 11.7. The third kappa shape index (κ3) is 9.79. The van der Waals surface area contributed by atoms with E-state index in [9.17, 15) is 14.4 Å². The van der Waals surface area contributed by atoms with Crippen molar-refractivity contribution in [1.29, 1.82) is 0 Å².